The van der Waals surface area contributed by atoms with Gasteiger partial charge in [-0.1, -0.05) is 66.7 Å². The molecule has 14 heteroatoms. The second kappa shape index (κ2) is 15.8. The number of nitrogens with one attached hydrogen (secondary N) is 2. The minimum absolute atomic E-state index is 0.0161. The van der Waals surface area contributed by atoms with Crippen LogP contribution in [-0.2, 0) is 36.1 Å². The molecule has 1 heterocycles. The largest absolute Gasteiger partial charge is 0.484 e. The van der Waals surface area contributed by atoms with Crippen molar-refractivity contribution in [2.24, 2.45) is 5.10 Å². The van der Waals surface area contributed by atoms with Crippen LogP contribution in [0.1, 0.15) is 11.1 Å². The first-order chi connectivity index (χ1) is 23.1. The van der Waals surface area contributed by atoms with E-state index in [4.69, 9.17) is 4.74 Å². The van der Waals surface area contributed by atoms with E-state index in [0.29, 0.717) is 24.3 Å². The lowest BCUT2D eigenvalue weighted by molar-refractivity contribution is -0.126. The number of ether oxygens (including phenoxy) is 1. The van der Waals surface area contributed by atoms with Gasteiger partial charge in [0, 0.05) is 26.2 Å². The number of benzene rings is 4. The molecule has 4 aromatic carbocycles. The predicted molar refractivity (Wildman–Crippen MR) is 180 cm³/mol. The van der Waals surface area contributed by atoms with Gasteiger partial charge in [-0.15, -0.1) is 0 Å². The van der Waals surface area contributed by atoms with Crippen molar-refractivity contribution in [3.05, 3.63) is 126 Å². The zero-order chi connectivity index (χ0) is 34.0. The molecule has 2 N–H and O–H groups in total. The number of hydrazone groups is 1. The standard InChI is InChI=1S/C34H35N5O7S2/c40-33(35-21-20-27-10-4-1-5-11-27)26-46-29-18-16-28(17-19-29)24-36-37-34(41)32-25-38(47(42,43)30-12-6-2-7-13-30)22-23-39(32)48(44,45)31-14-8-3-9-15-31/h1-19,24,32H,20-23,25-26H2,(H,35,40)(H,37,41)/b36-24-/t32-/m0/s1. The van der Waals surface area contributed by atoms with Crippen molar-refractivity contribution in [3.8, 4) is 5.75 Å². The van der Waals surface area contributed by atoms with Crippen molar-refractivity contribution in [3.63, 3.8) is 0 Å². The minimum atomic E-state index is -4.14. The van der Waals surface area contributed by atoms with E-state index in [-0.39, 0.29) is 35.4 Å². The first-order valence-electron chi connectivity index (χ1n) is 15.1. The fourth-order valence-corrected chi connectivity index (χ4v) is 8.07. The number of carbonyl (C=O) groups excluding carboxylic acids is 2. The fourth-order valence-electron chi connectivity index (χ4n) is 5.02. The molecule has 0 radical (unpaired) electrons. The maximum Gasteiger partial charge on any atom is 0.259 e. The summed E-state index contributed by atoms with van der Waals surface area (Å²) in [5, 5.41) is 6.81. The Morgan fingerprint density at radius 1 is 0.771 bits per heavy atom. The van der Waals surface area contributed by atoms with Gasteiger partial charge in [-0.25, -0.2) is 22.3 Å². The SMILES string of the molecule is O=C(COc1ccc(/C=N\NC(=O)[C@@H]2CN(S(=O)(=O)c3ccccc3)CCN2S(=O)(=O)c2ccccc2)cc1)NCCc1ccccc1. The third-order valence-electron chi connectivity index (χ3n) is 7.54. The van der Waals surface area contributed by atoms with Crippen LogP contribution in [0.25, 0.3) is 0 Å². The molecule has 48 heavy (non-hydrogen) atoms. The summed E-state index contributed by atoms with van der Waals surface area (Å²) in [6.07, 6.45) is 2.07. The molecular weight excluding hydrogens is 655 g/mol. The van der Waals surface area contributed by atoms with Crippen molar-refractivity contribution in [1.29, 1.82) is 0 Å². The molecule has 0 bridgehead atoms. The van der Waals surface area contributed by atoms with Crippen LogP contribution in [0.4, 0.5) is 0 Å². The molecule has 1 fully saturated rings. The summed E-state index contributed by atoms with van der Waals surface area (Å²) < 4.78 is 61.5. The monoisotopic (exact) mass is 689 g/mol. The number of carbonyl (C=O) groups is 2. The van der Waals surface area contributed by atoms with Gasteiger partial charge in [0.15, 0.2) is 6.61 Å². The Bertz CT molecular complexity index is 1930. The maximum absolute atomic E-state index is 13.6. The predicted octanol–water partition coefficient (Wildman–Crippen LogP) is 2.64. The Morgan fingerprint density at radius 2 is 1.35 bits per heavy atom. The number of hydrogen-bond donors (Lipinski definition) is 2. The van der Waals surface area contributed by atoms with Gasteiger partial charge in [-0.2, -0.15) is 13.7 Å². The van der Waals surface area contributed by atoms with Gasteiger partial charge in [0.05, 0.1) is 16.0 Å². The van der Waals surface area contributed by atoms with E-state index in [2.05, 4.69) is 15.8 Å². The molecule has 1 aliphatic heterocycles. The van der Waals surface area contributed by atoms with Gasteiger partial charge >= 0.3 is 0 Å². The van der Waals surface area contributed by atoms with Crippen molar-refractivity contribution in [2.45, 2.75) is 22.3 Å². The Morgan fingerprint density at radius 3 is 1.98 bits per heavy atom. The van der Waals surface area contributed by atoms with Crippen molar-refractivity contribution < 1.29 is 31.2 Å². The summed E-state index contributed by atoms with van der Waals surface area (Å²) >= 11 is 0. The molecule has 12 nitrogen and oxygen atoms in total. The smallest absolute Gasteiger partial charge is 0.259 e. The van der Waals surface area contributed by atoms with Crippen LogP contribution in [0.5, 0.6) is 5.75 Å². The van der Waals surface area contributed by atoms with E-state index in [0.717, 1.165) is 14.2 Å². The molecule has 0 unspecified atom stereocenters. The molecule has 1 saturated heterocycles. The summed E-state index contributed by atoms with van der Waals surface area (Å²) in [7, 11) is -8.14. The fraction of sp³-hybridized carbons (Fsp3) is 0.206. The van der Waals surface area contributed by atoms with Gasteiger partial charge in [-0.3, -0.25) is 9.59 Å². The number of nitrogens with zero attached hydrogens (tertiary/aromatic N) is 3. The molecule has 250 valence electrons. The molecular formula is C34H35N5O7S2. The van der Waals surface area contributed by atoms with E-state index in [9.17, 15) is 26.4 Å². The Kier molecular flexibility index (Phi) is 11.3. The molecule has 0 aromatic heterocycles. The minimum Gasteiger partial charge on any atom is -0.484 e. The third-order valence-corrected chi connectivity index (χ3v) is 11.3. The van der Waals surface area contributed by atoms with Crippen LogP contribution >= 0.6 is 0 Å². The van der Waals surface area contributed by atoms with Crippen LogP contribution in [0.15, 0.2) is 130 Å². The Labute approximate surface area is 280 Å². The number of piperazine rings is 1. The average molecular weight is 690 g/mol. The van der Waals surface area contributed by atoms with Gasteiger partial charge in [0.25, 0.3) is 11.8 Å². The number of sulfonamides is 2. The molecule has 1 atom stereocenters. The van der Waals surface area contributed by atoms with Gasteiger partial charge in [-0.05, 0) is 66.1 Å². The topological polar surface area (TPSA) is 155 Å². The molecule has 0 aliphatic carbocycles. The molecule has 5 rings (SSSR count). The normalized spacial score (nSPS) is 16.0. The van der Waals surface area contributed by atoms with Crippen LogP contribution in [0.2, 0.25) is 0 Å². The molecule has 4 aromatic rings. The Balaban J connectivity index is 1.20. The lowest BCUT2D eigenvalue weighted by Gasteiger charge is -2.38. The highest BCUT2D eigenvalue weighted by atomic mass is 32.2. The highest BCUT2D eigenvalue weighted by Crippen LogP contribution is 2.25. The first-order valence-corrected chi connectivity index (χ1v) is 18.0. The van der Waals surface area contributed by atoms with Crippen LogP contribution in [0, 0.1) is 0 Å². The van der Waals surface area contributed by atoms with E-state index >= 15 is 0 Å². The third kappa shape index (κ3) is 8.72. The first kappa shape index (κ1) is 34.4. The van der Waals surface area contributed by atoms with Gasteiger partial charge in [0.1, 0.15) is 11.8 Å². The quantitative estimate of drug-likeness (QED) is 0.162. The van der Waals surface area contributed by atoms with Crippen molar-refractivity contribution in [2.75, 3.05) is 32.8 Å². The summed E-state index contributed by atoms with van der Waals surface area (Å²) in [6, 6.07) is 30.4. The zero-order valence-corrected chi connectivity index (χ0v) is 27.5. The van der Waals surface area contributed by atoms with Crippen molar-refractivity contribution >= 4 is 38.1 Å². The van der Waals surface area contributed by atoms with E-state index in [1.165, 1.54) is 30.5 Å². The second-order valence-corrected chi connectivity index (χ2v) is 14.6. The zero-order valence-electron chi connectivity index (χ0n) is 25.9. The number of amides is 2. The van der Waals surface area contributed by atoms with Crippen LogP contribution < -0.4 is 15.5 Å². The van der Waals surface area contributed by atoms with E-state index in [1.54, 1.807) is 60.7 Å². The summed E-state index contributed by atoms with van der Waals surface area (Å²) in [6.45, 7) is -0.446. The lowest BCUT2D eigenvalue weighted by atomic mass is 10.1. The number of hydrogen-bond acceptors (Lipinski definition) is 8. The number of rotatable bonds is 13. The lowest BCUT2D eigenvalue weighted by Crippen LogP contribution is -2.60. The van der Waals surface area contributed by atoms with Gasteiger partial charge < -0.3 is 10.1 Å². The summed E-state index contributed by atoms with van der Waals surface area (Å²) in [5.74, 6) is -0.588. The van der Waals surface area contributed by atoms with Crippen LogP contribution in [-0.4, -0.2) is 82.3 Å². The molecule has 1 aliphatic rings. The summed E-state index contributed by atoms with van der Waals surface area (Å²) in [4.78, 5) is 25.6. The van der Waals surface area contributed by atoms with E-state index in [1.807, 2.05) is 30.3 Å². The molecule has 2 amide bonds. The second-order valence-electron chi connectivity index (χ2n) is 10.8. The highest BCUT2D eigenvalue weighted by Gasteiger charge is 2.43. The molecule has 0 saturated carbocycles. The van der Waals surface area contributed by atoms with E-state index < -0.39 is 38.5 Å². The molecule has 0 spiro atoms. The highest BCUT2D eigenvalue weighted by molar-refractivity contribution is 7.89. The van der Waals surface area contributed by atoms with Gasteiger partial charge in [0.2, 0.25) is 20.0 Å². The van der Waals surface area contributed by atoms with Crippen LogP contribution in [0.3, 0.4) is 0 Å². The Hall–Kier alpha value is -4.89. The van der Waals surface area contributed by atoms with Crippen molar-refractivity contribution in [1.82, 2.24) is 19.4 Å². The average Bonchev–Trinajstić information content (AvgIpc) is 3.12. The summed E-state index contributed by atoms with van der Waals surface area (Å²) in [5.41, 5.74) is 4.08. The maximum atomic E-state index is 13.6.